The first-order chi connectivity index (χ1) is 9.44. The summed E-state index contributed by atoms with van der Waals surface area (Å²) < 4.78 is 79.9. The van der Waals surface area contributed by atoms with Gasteiger partial charge in [0.1, 0.15) is 18.3 Å². The molecule has 0 radical (unpaired) electrons. The Bertz CT molecular complexity index is 546. The summed E-state index contributed by atoms with van der Waals surface area (Å²) in [7, 11) is -9.30. The fraction of sp³-hybridized carbons (Fsp3) is 1.00. The van der Waals surface area contributed by atoms with Crippen molar-refractivity contribution in [1.82, 2.24) is 0 Å². The van der Waals surface area contributed by atoms with Crippen molar-refractivity contribution in [1.29, 1.82) is 0 Å². The number of aliphatic hydroxyl groups excluding tert-OH is 2. The molecular weight excluding hydrogens is 386 g/mol. The second-order valence-corrected chi connectivity index (χ2v) is 5.98. The molecule has 0 spiro atoms. The van der Waals surface area contributed by atoms with Crippen molar-refractivity contribution in [2.75, 3.05) is 13.7 Å². The molecule has 5 atom stereocenters. The van der Waals surface area contributed by atoms with E-state index in [0.717, 1.165) is 7.11 Å². The van der Waals surface area contributed by atoms with Crippen LogP contribution in [0.5, 0.6) is 0 Å². The first-order valence-electron chi connectivity index (χ1n) is 5.23. The Kier molecular flexibility index (Phi) is 12.4. The summed E-state index contributed by atoms with van der Waals surface area (Å²) in [5.74, 6) is 0. The molecule has 0 bridgehead atoms. The van der Waals surface area contributed by atoms with E-state index in [0.29, 0.717) is 0 Å². The number of hydrogen-bond acceptors (Lipinski definition) is 12. The Morgan fingerprint density at radius 2 is 1.57 bits per heavy atom. The molecule has 1 fully saturated rings. The molecule has 1 saturated heterocycles. The van der Waals surface area contributed by atoms with Crippen LogP contribution >= 0.6 is 0 Å². The van der Waals surface area contributed by atoms with Gasteiger partial charge in [-0.05, 0) is 0 Å². The van der Waals surface area contributed by atoms with Crippen LogP contribution in [0.2, 0.25) is 0 Å². The molecule has 1 aliphatic heterocycles. The molecule has 0 aromatic rings. The zero-order valence-electron chi connectivity index (χ0n) is 12.4. The molecule has 1 aliphatic rings. The Morgan fingerprint density at radius 3 is 1.96 bits per heavy atom. The van der Waals surface area contributed by atoms with Crippen LogP contribution in [0.15, 0.2) is 0 Å². The molecule has 0 aromatic carbocycles. The van der Waals surface area contributed by atoms with Crippen molar-refractivity contribution in [2.45, 2.75) is 30.7 Å². The fourth-order valence-electron chi connectivity index (χ4n) is 1.62. The van der Waals surface area contributed by atoms with Crippen molar-refractivity contribution in [3.63, 3.8) is 0 Å². The number of hydrogen-bond donors (Lipinski definition) is 2. The molecular formula is C7H12Na2O12S2. The minimum atomic E-state index is -5.23. The van der Waals surface area contributed by atoms with Crippen LogP contribution in [-0.2, 0) is 38.6 Å². The summed E-state index contributed by atoms with van der Waals surface area (Å²) in [6.07, 6.45) is -8.93. The number of methoxy groups -OCH3 is 1. The van der Waals surface area contributed by atoms with E-state index in [1.807, 2.05) is 0 Å². The van der Waals surface area contributed by atoms with Gasteiger partial charge in [0.25, 0.3) is 0 Å². The average molecular weight is 398 g/mol. The average Bonchev–Trinajstić information content (AvgIpc) is 2.31. The number of ether oxygens (including phenoxy) is 2. The summed E-state index contributed by atoms with van der Waals surface area (Å²) in [6.45, 7) is -0.958. The van der Waals surface area contributed by atoms with Crippen molar-refractivity contribution in [3.05, 3.63) is 0 Å². The summed E-state index contributed by atoms with van der Waals surface area (Å²) in [5.41, 5.74) is 0. The Balaban J connectivity index is 0. The monoisotopic (exact) mass is 398 g/mol. The fourth-order valence-corrected chi connectivity index (χ4v) is 2.40. The third-order valence-corrected chi connectivity index (χ3v) is 3.37. The topological polar surface area (TPSA) is 192 Å². The van der Waals surface area contributed by atoms with Gasteiger partial charge in [0, 0.05) is 7.11 Å². The smallest absolute Gasteiger partial charge is 0.726 e. The van der Waals surface area contributed by atoms with Crippen LogP contribution < -0.4 is 59.1 Å². The Hall–Kier alpha value is 1.58. The summed E-state index contributed by atoms with van der Waals surface area (Å²) in [5, 5.41) is 19.3. The molecule has 0 saturated carbocycles. The summed E-state index contributed by atoms with van der Waals surface area (Å²) in [4.78, 5) is 0. The van der Waals surface area contributed by atoms with Crippen LogP contribution in [0, 0.1) is 0 Å². The van der Waals surface area contributed by atoms with Gasteiger partial charge >= 0.3 is 59.1 Å². The van der Waals surface area contributed by atoms with Crippen LogP contribution in [0.4, 0.5) is 0 Å². The molecule has 126 valence electrons. The molecule has 0 amide bonds. The van der Waals surface area contributed by atoms with Crippen LogP contribution in [-0.4, -0.2) is 80.6 Å². The van der Waals surface area contributed by atoms with E-state index >= 15 is 0 Å². The Labute approximate surface area is 176 Å². The maximum atomic E-state index is 10.5. The Morgan fingerprint density at radius 1 is 1.04 bits per heavy atom. The van der Waals surface area contributed by atoms with Crippen LogP contribution in [0.25, 0.3) is 0 Å². The zero-order valence-corrected chi connectivity index (χ0v) is 18.0. The van der Waals surface area contributed by atoms with E-state index in [-0.39, 0.29) is 59.1 Å². The quantitative estimate of drug-likeness (QED) is 0.244. The van der Waals surface area contributed by atoms with Crippen molar-refractivity contribution in [3.8, 4) is 0 Å². The van der Waals surface area contributed by atoms with E-state index in [1.54, 1.807) is 0 Å². The first kappa shape index (κ1) is 26.8. The van der Waals surface area contributed by atoms with Gasteiger partial charge in [0.05, 0.1) is 6.61 Å². The van der Waals surface area contributed by atoms with E-state index < -0.39 is 58.1 Å². The standard InChI is InChI=1S/C7H14O12S2.2Na/c1-16-7-6(19-21(13,14)15)5(9)4(8)3(18-7)2-17-20(10,11)12;;/h3-9H,2H2,1H3,(H,10,11,12)(H,13,14,15);;/q;2*+1/p-2/t3-,4-,5+,6-,7+;;/m1../s1. The van der Waals surface area contributed by atoms with Crippen molar-refractivity contribution >= 4 is 20.8 Å². The van der Waals surface area contributed by atoms with Gasteiger partial charge in [-0.3, -0.25) is 8.37 Å². The molecule has 23 heavy (non-hydrogen) atoms. The van der Waals surface area contributed by atoms with Crippen molar-refractivity contribution in [2.24, 2.45) is 0 Å². The first-order valence-corrected chi connectivity index (χ1v) is 7.90. The van der Waals surface area contributed by atoms with Crippen molar-refractivity contribution < 1.29 is 113 Å². The van der Waals surface area contributed by atoms with E-state index in [9.17, 15) is 36.2 Å². The van der Waals surface area contributed by atoms with Gasteiger partial charge in [-0.1, -0.05) is 0 Å². The van der Waals surface area contributed by atoms with Gasteiger partial charge < -0.3 is 28.8 Å². The molecule has 1 rings (SSSR count). The summed E-state index contributed by atoms with van der Waals surface area (Å²) in [6, 6.07) is 0. The SMILES string of the molecule is CO[C@H]1O[C@H](COS(=O)(=O)[O-])[C@@H](O)[C@H](O)[C@H]1OS(=O)(=O)[O-].[Na+].[Na+]. The molecule has 1 heterocycles. The molecule has 2 N–H and O–H groups in total. The third kappa shape index (κ3) is 9.18. The minimum absolute atomic E-state index is 0. The van der Waals surface area contributed by atoms with Gasteiger partial charge in [-0.25, -0.2) is 16.8 Å². The van der Waals surface area contributed by atoms with Crippen LogP contribution in [0.1, 0.15) is 0 Å². The normalized spacial score (nSPS) is 31.8. The second kappa shape index (κ2) is 10.7. The van der Waals surface area contributed by atoms with Crippen LogP contribution in [0.3, 0.4) is 0 Å². The molecule has 16 heteroatoms. The van der Waals surface area contributed by atoms with Gasteiger partial charge in [-0.15, -0.1) is 0 Å². The van der Waals surface area contributed by atoms with E-state index in [2.05, 4.69) is 13.1 Å². The zero-order chi connectivity index (χ0) is 16.4. The number of rotatable bonds is 6. The minimum Gasteiger partial charge on any atom is -0.726 e. The maximum Gasteiger partial charge on any atom is 1.00 e. The largest absolute Gasteiger partial charge is 1.00 e. The van der Waals surface area contributed by atoms with E-state index in [4.69, 9.17) is 4.74 Å². The second-order valence-electron chi connectivity index (χ2n) is 3.92. The van der Waals surface area contributed by atoms with Gasteiger partial charge in [0.15, 0.2) is 12.4 Å². The molecule has 0 aromatic heterocycles. The van der Waals surface area contributed by atoms with E-state index in [1.165, 1.54) is 0 Å². The van der Waals surface area contributed by atoms with Gasteiger partial charge in [0.2, 0.25) is 20.8 Å². The van der Waals surface area contributed by atoms with Gasteiger partial charge in [-0.2, -0.15) is 0 Å². The predicted octanol–water partition coefficient (Wildman–Crippen LogP) is -9.59. The molecule has 0 aliphatic carbocycles. The summed E-state index contributed by atoms with van der Waals surface area (Å²) >= 11 is 0. The molecule has 0 unspecified atom stereocenters. The number of aliphatic hydroxyl groups is 2. The maximum absolute atomic E-state index is 10.5. The third-order valence-electron chi connectivity index (χ3n) is 2.48. The molecule has 12 nitrogen and oxygen atoms in total. The predicted molar refractivity (Wildman–Crippen MR) is 57.9 cm³/mol.